The van der Waals surface area contributed by atoms with E-state index in [0.717, 1.165) is 83.1 Å². The third-order valence-electron chi connectivity index (χ3n) is 10.7. The van der Waals surface area contributed by atoms with Gasteiger partial charge in [-0.3, -0.25) is 9.59 Å². The number of hydrogen-bond acceptors (Lipinski definition) is 6. The lowest BCUT2D eigenvalue weighted by molar-refractivity contribution is -0.135. The lowest BCUT2D eigenvalue weighted by Crippen LogP contribution is -2.51. The van der Waals surface area contributed by atoms with E-state index in [1.165, 1.54) is 18.2 Å². The highest BCUT2D eigenvalue weighted by molar-refractivity contribution is 5.98. The van der Waals surface area contributed by atoms with E-state index in [0.29, 0.717) is 13.0 Å². The summed E-state index contributed by atoms with van der Waals surface area (Å²) >= 11 is 0. The monoisotopic (exact) mass is 697 g/mol. The van der Waals surface area contributed by atoms with Crippen LogP contribution in [0.2, 0.25) is 0 Å². The van der Waals surface area contributed by atoms with Crippen molar-refractivity contribution in [3.63, 3.8) is 0 Å². The fourth-order valence-electron chi connectivity index (χ4n) is 8.03. The Kier molecular flexibility index (Phi) is 8.86. The van der Waals surface area contributed by atoms with Crippen molar-refractivity contribution >= 4 is 23.6 Å². The van der Waals surface area contributed by atoms with E-state index in [4.69, 9.17) is 9.72 Å². The third-order valence-corrected chi connectivity index (χ3v) is 10.7. The van der Waals surface area contributed by atoms with Gasteiger partial charge in [-0.2, -0.15) is 0 Å². The van der Waals surface area contributed by atoms with Crippen LogP contribution in [0.15, 0.2) is 79.1 Å². The molecule has 0 bridgehead atoms. The molecule has 5 heterocycles. The van der Waals surface area contributed by atoms with Gasteiger partial charge in [0.05, 0.1) is 48.7 Å². The summed E-state index contributed by atoms with van der Waals surface area (Å²) in [5.41, 5.74) is 9.58. The molecule has 8 rings (SSSR count). The quantitative estimate of drug-likeness (QED) is 0.158. The number of nitrogens with one attached hydrogen (secondary N) is 3. The van der Waals surface area contributed by atoms with Crippen molar-refractivity contribution in [2.45, 2.75) is 70.5 Å². The number of ether oxygens (including phenoxy) is 1. The topological polar surface area (TPSA) is 136 Å². The van der Waals surface area contributed by atoms with Crippen molar-refractivity contribution in [3.05, 3.63) is 102 Å². The molecular formula is C41H43N7O4. The van der Waals surface area contributed by atoms with Crippen LogP contribution in [-0.2, 0) is 27.2 Å². The first-order valence-electron chi connectivity index (χ1n) is 18.2. The number of carbonyl (C=O) groups is 3. The highest BCUT2D eigenvalue weighted by Crippen LogP contribution is 2.44. The number of amides is 3. The van der Waals surface area contributed by atoms with Gasteiger partial charge in [0.25, 0.3) is 0 Å². The number of hydrogen-bond donors (Lipinski definition) is 3. The van der Waals surface area contributed by atoms with Gasteiger partial charge in [0.1, 0.15) is 17.7 Å². The highest BCUT2D eigenvalue weighted by atomic mass is 16.5. The number of imidazole rings is 2. The molecule has 3 aliphatic heterocycles. The smallest absolute Gasteiger partial charge is 0.407 e. The van der Waals surface area contributed by atoms with Crippen molar-refractivity contribution < 1.29 is 19.1 Å². The maximum atomic E-state index is 13.5. The van der Waals surface area contributed by atoms with Gasteiger partial charge in [0.15, 0.2) is 0 Å². The molecule has 11 heteroatoms. The number of H-pyrrole nitrogens is 2. The van der Waals surface area contributed by atoms with Gasteiger partial charge < -0.3 is 29.8 Å². The van der Waals surface area contributed by atoms with Gasteiger partial charge in [0, 0.05) is 19.4 Å². The van der Waals surface area contributed by atoms with Crippen molar-refractivity contribution in [3.8, 4) is 33.6 Å². The van der Waals surface area contributed by atoms with Gasteiger partial charge in [-0.05, 0) is 65.0 Å². The lowest BCUT2D eigenvalue weighted by atomic mass is 10.0. The van der Waals surface area contributed by atoms with E-state index in [9.17, 15) is 14.4 Å². The zero-order valence-electron chi connectivity index (χ0n) is 29.7. The van der Waals surface area contributed by atoms with Gasteiger partial charge in [-0.1, -0.05) is 80.6 Å². The number of alkyl carbamates (subject to hydrolysis) is 1. The van der Waals surface area contributed by atoms with Gasteiger partial charge in [-0.15, -0.1) is 0 Å². The van der Waals surface area contributed by atoms with Crippen molar-refractivity contribution in [2.75, 3.05) is 18.6 Å². The molecule has 0 radical (unpaired) electrons. The summed E-state index contributed by atoms with van der Waals surface area (Å²) in [5, 5.41) is 2.70. The molecule has 3 aliphatic rings. The van der Waals surface area contributed by atoms with Crippen LogP contribution in [0.3, 0.4) is 0 Å². The number of carbonyl (C=O) groups excluding carboxylic acids is 3. The largest absolute Gasteiger partial charge is 0.453 e. The number of benzene rings is 3. The number of aromatic amines is 2. The van der Waals surface area contributed by atoms with Crippen molar-refractivity contribution in [1.82, 2.24) is 30.2 Å². The van der Waals surface area contributed by atoms with E-state index in [1.54, 1.807) is 0 Å². The second-order valence-electron chi connectivity index (χ2n) is 14.3. The van der Waals surface area contributed by atoms with Crippen LogP contribution in [0.25, 0.3) is 33.6 Å². The molecule has 3 amide bonds. The van der Waals surface area contributed by atoms with Crippen LogP contribution in [0, 0.1) is 5.92 Å². The fraction of sp³-hybridized carbons (Fsp3) is 0.341. The minimum atomic E-state index is -0.675. The number of anilines is 1. The van der Waals surface area contributed by atoms with Gasteiger partial charge in [0.2, 0.25) is 11.8 Å². The number of methoxy groups -OCH3 is 1. The molecule has 5 aromatic rings. The highest BCUT2D eigenvalue weighted by Gasteiger charge is 2.39. The summed E-state index contributed by atoms with van der Waals surface area (Å²) in [6.45, 7) is 4.42. The average Bonchev–Trinajstić information content (AvgIpc) is 3.98. The predicted molar refractivity (Wildman–Crippen MR) is 198 cm³/mol. The Morgan fingerprint density at radius 3 is 2.02 bits per heavy atom. The van der Waals surface area contributed by atoms with Gasteiger partial charge >= 0.3 is 6.09 Å². The molecule has 11 nitrogen and oxygen atoms in total. The molecule has 0 saturated carbocycles. The molecule has 0 aliphatic carbocycles. The molecule has 3 N–H and O–H groups in total. The summed E-state index contributed by atoms with van der Waals surface area (Å²) in [4.78, 5) is 58.9. The van der Waals surface area contributed by atoms with E-state index in [-0.39, 0.29) is 29.8 Å². The maximum absolute atomic E-state index is 13.5. The van der Waals surface area contributed by atoms with E-state index < -0.39 is 12.1 Å². The Balaban J connectivity index is 0.945. The number of nitrogens with zero attached hydrogens (tertiary/aromatic N) is 4. The third kappa shape index (κ3) is 6.14. The average molecular weight is 698 g/mol. The first kappa shape index (κ1) is 33.4. The minimum Gasteiger partial charge on any atom is -0.453 e. The number of likely N-dealkylation sites (tertiary alicyclic amines) is 1. The fourth-order valence-corrected chi connectivity index (χ4v) is 8.03. The number of aromatic nitrogens is 4. The number of rotatable bonds is 8. The number of aryl methyl sites for hydroxylation is 1. The zero-order chi connectivity index (χ0) is 35.9. The van der Waals surface area contributed by atoms with Gasteiger partial charge in [-0.25, -0.2) is 14.8 Å². The maximum Gasteiger partial charge on any atom is 0.407 e. The molecule has 2 aromatic heterocycles. The summed E-state index contributed by atoms with van der Waals surface area (Å²) in [6.07, 6.45) is 7.86. The first-order chi connectivity index (χ1) is 25.3. The summed E-state index contributed by atoms with van der Waals surface area (Å²) in [7, 11) is 1.30. The molecule has 3 atom stereocenters. The van der Waals surface area contributed by atoms with E-state index >= 15 is 0 Å². The van der Waals surface area contributed by atoms with Crippen LogP contribution in [0.1, 0.15) is 74.4 Å². The molecule has 3 aromatic carbocycles. The molecule has 266 valence electrons. The Bertz CT molecular complexity index is 2120. The minimum absolute atomic E-state index is 0.0927. The van der Waals surface area contributed by atoms with E-state index in [1.807, 2.05) is 36.0 Å². The molecule has 1 saturated heterocycles. The number of para-hydroxylation sites is 1. The summed E-state index contributed by atoms with van der Waals surface area (Å²) in [6, 6.07) is 22.2. The molecular weight excluding hydrogens is 654 g/mol. The normalized spacial score (nSPS) is 18.7. The Hall–Kier alpha value is -5.71. The zero-order valence-corrected chi connectivity index (χ0v) is 29.7. The van der Waals surface area contributed by atoms with Crippen molar-refractivity contribution in [1.29, 1.82) is 0 Å². The Morgan fingerprint density at radius 1 is 0.808 bits per heavy atom. The first-order valence-corrected chi connectivity index (χ1v) is 18.2. The second-order valence-corrected chi connectivity index (χ2v) is 14.3. The van der Waals surface area contributed by atoms with Crippen molar-refractivity contribution in [2.24, 2.45) is 5.92 Å². The van der Waals surface area contributed by atoms with Crippen LogP contribution in [0.4, 0.5) is 10.5 Å². The molecule has 0 spiro atoms. The van der Waals surface area contributed by atoms with Crippen LogP contribution < -0.4 is 10.2 Å². The molecule has 1 fully saturated rings. The van der Waals surface area contributed by atoms with E-state index in [2.05, 4.69) is 87.0 Å². The van der Waals surface area contributed by atoms with Crippen LogP contribution >= 0.6 is 0 Å². The Morgan fingerprint density at radius 2 is 1.40 bits per heavy atom. The van der Waals surface area contributed by atoms with Crippen LogP contribution in [0.5, 0.6) is 0 Å². The Labute approximate surface area is 302 Å². The summed E-state index contributed by atoms with van der Waals surface area (Å²) < 4.78 is 4.76. The lowest BCUT2D eigenvalue weighted by Gasteiger charge is -2.30. The molecule has 52 heavy (non-hydrogen) atoms. The second kappa shape index (κ2) is 13.8. The van der Waals surface area contributed by atoms with Crippen LogP contribution in [-0.4, -0.2) is 62.4 Å². The predicted octanol–water partition coefficient (Wildman–Crippen LogP) is 7.14. The SMILES string of the molecule is COC(=O)NC(C(=O)N1CCCC1c1ncc(-c2ccc(-c3ccc(-c4cnc(C5Cc6cccc7c6N5C(=O)CCC7)[nH]4)cc3)cc2)[nH]1)C(C)C. The summed E-state index contributed by atoms with van der Waals surface area (Å²) in [5.74, 6) is 1.51. The standard InChI is InChI=1S/C41H43N7O4/c1-24(2)36(46-41(51)52-3)40(50)47-20-6-10-33(47)38-42-22-31(44-38)27-16-12-25(13-17-27)26-14-18-28(19-15-26)32-23-43-39(45-32)34-21-30-9-4-7-29-8-5-11-35(49)48(34)37(29)30/h4,7,9,12-19,22-24,33-34,36H,5-6,8,10-11,20-21H2,1-3H3,(H,42,44)(H,43,45)(H,46,51). The molecule has 3 unspecified atom stereocenters.